The van der Waals surface area contributed by atoms with Crippen LogP contribution in [0.5, 0.6) is 0 Å². The van der Waals surface area contributed by atoms with Crippen LogP contribution >= 0.6 is 12.6 Å². The van der Waals surface area contributed by atoms with E-state index in [0.717, 1.165) is 0 Å². The van der Waals surface area contributed by atoms with E-state index in [4.69, 9.17) is 11.5 Å². The standard InChI is InChI=1S/C7H15N3OS/c1-5(8)10-4-6(9)2-3-7(11)12/h6H,2-4,9H2,1H3,(H2,8,10)(H,11,12)/t6-/m0/s1. The molecule has 0 bridgehead atoms. The van der Waals surface area contributed by atoms with E-state index in [2.05, 4.69) is 17.6 Å². The average molecular weight is 189 g/mol. The van der Waals surface area contributed by atoms with E-state index in [1.807, 2.05) is 0 Å². The van der Waals surface area contributed by atoms with Crippen LogP contribution in [-0.2, 0) is 4.79 Å². The highest BCUT2D eigenvalue weighted by Gasteiger charge is 2.03. The molecule has 0 unspecified atom stereocenters. The molecule has 0 amide bonds. The number of aliphatic imine (C=N–C) groups is 1. The Balaban J connectivity index is 3.53. The molecule has 4 N–H and O–H groups in total. The molecule has 70 valence electrons. The van der Waals surface area contributed by atoms with Gasteiger partial charge in [0, 0.05) is 12.5 Å². The first-order chi connectivity index (χ1) is 5.52. The Hall–Kier alpha value is -0.550. The highest BCUT2D eigenvalue weighted by Crippen LogP contribution is 1.98. The third-order valence-electron chi connectivity index (χ3n) is 1.30. The Morgan fingerprint density at radius 3 is 2.67 bits per heavy atom. The lowest BCUT2D eigenvalue weighted by Gasteiger charge is -2.06. The van der Waals surface area contributed by atoms with Crippen molar-refractivity contribution in [1.82, 2.24) is 0 Å². The first-order valence-corrected chi connectivity index (χ1v) is 4.21. The molecule has 0 saturated carbocycles. The van der Waals surface area contributed by atoms with Crippen molar-refractivity contribution >= 4 is 23.6 Å². The molecule has 0 radical (unpaired) electrons. The number of rotatable bonds is 5. The number of thiol groups is 1. The SMILES string of the molecule is CC(N)=NC[C@@H](N)CCC(=O)S. The van der Waals surface area contributed by atoms with E-state index in [9.17, 15) is 4.79 Å². The van der Waals surface area contributed by atoms with Crippen LogP contribution in [0, 0.1) is 0 Å². The van der Waals surface area contributed by atoms with Gasteiger partial charge in [0.15, 0.2) is 5.12 Å². The number of hydrogen-bond acceptors (Lipinski definition) is 3. The molecule has 0 aromatic rings. The average Bonchev–Trinajstić information content (AvgIpc) is 1.96. The van der Waals surface area contributed by atoms with Gasteiger partial charge in [-0.25, -0.2) is 0 Å². The molecule has 0 aliphatic carbocycles. The summed E-state index contributed by atoms with van der Waals surface area (Å²) in [5, 5.41) is -0.140. The molecule has 0 spiro atoms. The predicted molar refractivity (Wildman–Crippen MR) is 53.4 cm³/mol. The van der Waals surface area contributed by atoms with Gasteiger partial charge >= 0.3 is 0 Å². The van der Waals surface area contributed by atoms with Crippen molar-refractivity contribution in [2.24, 2.45) is 16.5 Å². The maximum Gasteiger partial charge on any atom is 0.185 e. The molecule has 0 aromatic heterocycles. The summed E-state index contributed by atoms with van der Waals surface area (Å²) in [5.41, 5.74) is 10.9. The molecular formula is C7H15N3OS. The van der Waals surface area contributed by atoms with Crippen LogP contribution in [0.4, 0.5) is 0 Å². The summed E-state index contributed by atoms with van der Waals surface area (Å²) in [6.07, 6.45) is 1.00. The Kier molecular flexibility index (Phi) is 5.74. The second-order valence-corrected chi connectivity index (χ2v) is 3.17. The largest absolute Gasteiger partial charge is 0.388 e. The number of nitrogens with two attached hydrogens (primary N) is 2. The van der Waals surface area contributed by atoms with Gasteiger partial charge in [0.1, 0.15) is 0 Å². The molecule has 0 heterocycles. The Morgan fingerprint density at radius 2 is 2.25 bits per heavy atom. The Labute approximate surface area is 77.8 Å². The second-order valence-electron chi connectivity index (χ2n) is 2.67. The number of hydrogen-bond donors (Lipinski definition) is 3. The quantitative estimate of drug-likeness (QED) is 0.321. The molecule has 5 heteroatoms. The monoisotopic (exact) mass is 189 g/mol. The summed E-state index contributed by atoms with van der Waals surface area (Å²) in [7, 11) is 0. The lowest BCUT2D eigenvalue weighted by molar-refractivity contribution is -0.110. The maximum atomic E-state index is 10.4. The van der Waals surface area contributed by atoms with Gasteiger partial charge in [0.2, 0.25) is 0 Å². The summed E-state index contributed by atoms with van der Waals surface area (Å²) >= 11 is 3.63. The topological polar surface area (TPSA) is 81.5 Å². The minimum atomic E-state index is -0.140. The molecule has 0 aromatic carbocycles. The van der Waals surface area contributed by atoms with Crippen LogP contribution in [0.15, 0.2) is 4.99 Å². The summed E-state index contributed by atoms with van der Waals surface area (Å²) in [6, 6.07) is -0.0976. The number of carbonyl (C=O) groups excluding carboxylic acids is 1. The van der Waals surface area contributed by atoms with Crippen molar-refractivity contribution in [3.05, 3.63) is 0 Å². The van der Waals surface area contributed by atoms with Gasteiger partial charge in [-0.3, -0.25) is 9.79 Å². The number of nitrogens with zero attached hydrogens (tertiary/aromatic N) is 1. The lowest BCUT2D eigenvalue weighted by Crippen LogP contribution is -2.25. The lowest BCUT2D eigenvalue weighted by atomic mass is 10.2. The van der Waals surface area contributed by atoms with Gasteiger partial charge in [-0.15, -0.1) is 12.6 Å². The van der Waals surface area contributed by atoms with Crippen LogP contribution in [0.3, 0.4) is 0 Å². The van der Waals surface area contributed by atoms with Crippen LogP contribution in [0.1, 0.15) is 19.8 Å². The third kappa shape index (κ3) is 7.56. The molecule has 1 atom stereocenters. The summed E-state index contributed by atoms with van der Waals surface area (Å²) in [5.74, 6) is 0.516. The number of amidine groups is 1. The highest BCUT2D eigenvalue weighted by atomic mass is 32.1. The minimum Gasteiger partial charge on any atom is -0.388 e. The normalized spacial score (nSPS) is 14.4. The molecule has 0 aliphatic heterocycles. The van der Waals surface area contributed by atoms with E-state index in [-0.39, 0.29) is 11.2 Å². The van der Waals surface area contributed by atoms with E-state index < -0.39 is 0 Å². The van der Waals surface area contributed by atoms with Crippen molar-refractivity contribution in [2.45, 2.75) is 25.8 Å². The fourth-order valence-electron chi connectivity index (χ4n) is 0.661. The molecule has 0 fully saturated rings. The van der Waals surface area contributed by atoms with E-state index in [1.54, 1.807) is 6.92 Å². The van der Waals surface area contributed by atoms with E-state index in [1.165, 1.54) is 0 Å². The van der Waals surface area contributed by atoms with Gasteiger partial charge in [-0.1, -0.05) is 0 Å². The number of carbonyl (C=O) groups is 1. The fourth-order valence-corrected chi connectivity index (χ4v) is 0.791. The van der Waals surface area contributed by atoms with Crippen molar-refractivity contribution in [3.63, 3.8) is 0 Å². The Morgan fingerprint density at radius 1 is 1.67 bits per heavy atom. The summed E-state index contributed by atoms with van der Waals surface area (Å²) < 4.78 is 0. The molecule has 12 heavy (non-hydrogen) atoms. The van der Waals surface area contributed by atoms with Crippen LogP contribution in [-0.4, -0.2) is 23.5 Å². The van der Waals surface area contributed by atoms with Crippen molar-refractivity contribution in [3.8, 4) is 0 Å². The van der Waals surface area contributed by atoms with Gasteiger partial charge in [-0.2, -0.15) is 0 Å². The first kappa shape index (κ1) is 11.4. The second kappa shape index (κ2) is 6.02. The van der Waals surface area contributed by atoms with E-state index in [0.29, 0.717) is 25.2 Å². The van der Waals surface area contributed by atoms with Crippen LogP contribution in [0.2, 0.25) is 0 Å². The van der Waals surface area contributed by atoms with E-state index >= 15 is 0 Å². The Bertz CT molecular complexity index is 177. The summed E-state index contributed by atoms with van der Waals surface area (Å²) in [4.78, 5) is 14.4. The van der Waals surface area contributed by atoms with Crippen LogP contribution in [0.25, 0.3) is 0 Å². The molecule has 0 rings (SSSR count). The third-order valence-corrected chi connectivity index (χ3v) is 1.53. The van der Waals surface area contributed by atoms with Gasteiger partial charge in [0.05, 0.1) is 12.4 Å². The first-order valence-electron chi connectivity index (χ1n) is 3.76. The van der Waals surface area contributed by atoms with Gasteiger partial charge < -0.3 is 11.5 Å². The molecule has 0 aliphatic rings. The fraction of sp³-hybridized carbons (Fsp3) is 0.714. The van der Waals surface area contributed by atoms with Crippen molar-refractivity contribution in [2.75, 3.05) is 6.54 Å². The molecule has 0 saturated heterocycles. The molecular weight excluding hydrogens is 174 g/mol. The smallest absolute Gasteiger partial charge is 0.185 e. The van der Waals surface area contributed by atoms with Gasteiger partial charge in [-0.05, 0) is 13.3 Å². The minimum absolute atomic E-state index is 0.0976. The van der Waals surface area contributed by atoms with Crippen LogP contribution < -0.4 is 11.5 Å². The molecule has 4 nitrogen and oxygen atoms in total. The van der Waals surface area contributed by atoms with Gasteiger partial charge in [0.25, 0.3) is 0 Å². The maximum absolute atomic E-state index is 10.4. The van der Waals surface area contributed by atoms with Crippen molar-refractivity contribution in [1.29, 1.82) is 0 Å². The zero-order valence-electron chi connectivity index (χ0n) is 7.16. The highest BCUT2D eigenvalue weighted by molar-refractivity contribution is 7.96. The zero-order chi connectivity index (χ0) is 9.56. The van der Waals surface area contributed by atoms with Crippen molar-refractivity contribution < 1.29 is 4.79 Å². The zero-order valence-corrected chi connectivity index (χ0v) is 8.05. The summed E-state index contributed by atoms with van der Waals surface area (Å²) in [6.45, 7) is 2.18. The predicted octanol–water partition coefficient (Wildman–Crippen LogP) is -0.0726.